The number of nitrogens with one attached hydrogen (secondary N) is 1. The van der Waals surface area contributed by atoms with Crippen molar-refractivity contribution in [3.05, 3.63) is 35.7 Å². The van der Waals surface area contributed by atoms with Crippen LogP contribution in [-0.2, 0) is 0 Å². The number of carbonyl (C=O) groups excluding carboxylic acids is 1. The number of nitrogens with zero attached hydrogens (tertiary/aromatic N) is 2. The lowest BCUT2D eigenvalue weighted by Crippen LogP contribution is -2.40. The monoisotopic (exact) mass is 277 g/mol. The average molecular weight is 277 g/mol. The van der Waals surface area contributed by atoms with Crippen LogP contribution < -0.4 is 10.2 Å². The van der Waals surface area contributed by atoms with Gasteiger partial charge in [0.05, 0.1) is 6.26 Å². The normalized spacial score (nSPS) is 18.7. The number of thiazole rings is 1. The minimum atomic E-state index is -0.156. The molecule has 1 aliphatic rings. The van der Waals surface area contributed by atoms with Crippen molar-refractivity contribution in [2.75, 3.05) is 18.0 Å². The summed E-state index contributed by atoms with van der Waals surface area (Å²) in [6.07, 6.45) is 5.54. The van der Waals surface area contributed by atoms with Crippen molar-refractivity contribution < 1.29 is 9.21 Å². The lowest BCUT2D eigenvalue weighted by Gasteiger charge is -2.23. The summed E-state index contributed by atoms with van der Waals surface area (Å²) in [6.45, 7) is 1.63. The van der Waals surface area contributed by atoms with Gasteiger partial charge in [-0.3, -0.25) is 4.79 Å². The molecule has 1 fully saturated rings. The van der Waals surface area contributed by atoms with E-state index in [1.165, 1.54) is 6.26 Å². The Morgan fingerprint density at radius 1 is 1.63 bits per heavy atom. The van der Waals surface area contributed by atoms with E-state index in [4.69, 9.17) is 4.42 Å². The number of hydrogen-bond donors (Lipinski definition) is 1. The van der Waals surface area contributed by atoms with Crippen LogP contribution in [0.3, 0.4) is 0 Å². The topological polar surface area (TPSA) is 58.4 Å². The third kappa shape index (κ3) is 2.63. The van der Waals surface area contributed by atoms with E-state index in [0.717, 1.165) is 24.5 Å². The second kappa shape index (κ2) is 5.44. The van der Waals surface area contributed by atoms with E-state index in [0.29, 0.717) is 18.3 Å². The molecule has 0 radical (unpaired) electrons. The van der Waals surface area contributed by atoms with E-state index in [1.54, 1.807) is 23.5 Å². The Kier molecular flexibility index (Phi) is 3.50. The summed E-state index contributed by atoms with van der Waals surface area (Å²) in [4.78, 5) is 18.4. The van der Waals surface area contributed by atoms with Gasteiger partial charge in [-0.05, 0) is 25.0 Å². The zero-order valence-corrected chi connectivity index (χ0v) is 11.2. The van der Waals surface area contributed by atoms with Crippen molar-refractivity contribution in [1.82, 2.24) is 10.3 Å². The molecule has 1 aliphatic heterocycles. The van der Waals surface area contributed by atoms with Gasteiger partial charge in [-0.1, -0.05) is 0 Å². The van der Waals surface area contributed by atoms with Crippen LogP contribution in [0.5, 0.6) is 0 Å². The second-order valence-electron chi connectivity index (χ2n) is 4.49. The fourth-order valence-corrected chi connectivity index (χ4v) is 3.10. The first-order valence-corrected chi connectivity index (χ1v) is 7.20. The number of rotatable bonds is 4. The molecule has 1 saturated heterocycles. The third-order valence-corrected chi connectivity index (χ3v) is 4.09. The highest BCUT2D eigenvalue weighted by Crippen LogP contribution is 2.26. The fraction of sp³-hybridized carbons (Fsp3) is 0.385. The van der Waals surface area contributed by atoms with Gasteiger partial charge < -0.3 is 14.6 Å². The first-order chi connectivity index (χ1) is 9.34. The van der Waals surface area contributed by atoms with Gasteiger partial charge in [0.15, 0.2) is 10.9 Å². The third-order valence-electron chi connectivity index (χ3n) is 3.29. The van der Waals surface area contributed by atoms with Crippen LogP contribution in [0.4, 0.5) is 5.13 Å². The van der Waals surface area contributed by atoms with Crippen LogP contribution in [0.2, 0.25) is 0 Å². The summed E-state index contributed by atoms with van der Waals surface area (Å²) in [5.74, 6) is 0.204. The van der Waals surface area contributed by atoms with Crippen LogP contribution in [0.25, 0.3) is 0 Å². The van der Waals surface area contributed by atoms with Crippen LogP contribution in [-0.4, -0.2) is 30.0 Å². The molecule has 0 unspecified atom stereocenters. The van der Waals surface area contributed by atoms with E-state index >= 15 is 0 Å². The van der Waals surface area contributed by atoms with Gasteiger partial charge in [-0.25, -0.2) is 4.98 Å². The quantitative estimate of drug-likeness (QED) is 0.930. The molecule has 0 saturated carbocycles. The molecule has 2 aromatic rings. The van der Waals surface area contributed by atoms with E-state index in [1.807, 2.05) is 11.6 Å². The van der Waals surface area contributed by atoms with Crippen molar-refractivity contribution in [2.45, 2.75) is 18.9 Å². The molecule has 100 valence electrons. The number of carbonyl (C=O) groups is 1. The largest absolute Gasteiger partial charge is 0.459 e. The Balaban J connectivity index is 1.59. The van der Waals surface area contributed by atoms with Crippen LogP contribution in [0.15, 0.2) is 34.4 Å². The van der Waals surface area contributed by atoms with Crippen molar-refractivity contribution in [1.29, 1.82) is 0 Å². The number of aromatic nitrogens is 1. The minimum Gasteiger partial charge on any atom is -0.459 e. The molecule has 3 rings (SSSR count). The molecule has 1 amide bonds. The minimum absolute atomic E-state index is 0.156. The Morgan fingerprint density at radius 2 is 2.58 bits per heavy atom. The summed E-state index contributed by atoms with van der Waals surface area (Å²) in [7, 11) is 0. The molecule has 3 heterocycles. The molecule has 0 aromatic carbocycles. The van der Waals surface area contributed by atoms with Crippen molar-refractivity contribution in [3.63, 3.8) is 0 Å². The van der Waals surface area contributed by atoms with Gasteiger partial charge in [0.1, 0.15) is 0 Å². The van der Waals surface area contributed by atoms with Crippen molar-refractivity contribution >= 4 is 22.4 Å². The second-order valence-corrected chi connectivity index (χ2v) is 5.36. The highest BCUT2D eigenvalue weighted by atomic mass is 32.1. The molecule has 1 atom stereocenters. The molecular formula is C13H15N3O2S. The standard InChI is InChI=1S/C13H15N3O2S/c17-12(11-4-2-7-18-11)15-9-10-3-1-6-16(10)13-14-5-8-19-13/h2,4-5,7-8,10H,1,3,6,9H2,(H,15,17)/t10-/m0/s1. The summed E-state index contributed by atoms with van der Waals surface area (Å²) in [5, 5.41) is 5.94. The number of hydrogen-bond acceptors (Lipinski definition) is 5. The molecule has 2 aromatic heterocycles. The summed E-state index contributed by atoms with van der Waals surface area (Å²) >= 11 is 1.64. The number of amides is 1. The number of furan rings is 1. The molecule has 0 aliphatic carbocycles. The molecule has 0 spiro atoms. The molecule has 6 heteroatoms. The molecular weight excluding hydrogens is 262 g/mol. The van der Waals surface area contributed by atoms with Gasteiger partial charge in [-0.15, -0.1) is 11.3 Å². The average Bonchev–Trinajstić information content (AvgIpc) is 3.14. The van der Waals surface area contributed by atoms with Gasteiger partial charge in [0.25, 0.3) is 5.91 Å². The highest BCUT2D eigenvalue weighted by molar-refractivity contribution is 7.13. The van der Waals surface area contributed by atoms with E-state index in [9.17, 15) is 4.79 Å². The summed E-state index contributed by atoms with van der Waals surface area (Å²) < 4.78 is 5.07. The Labute approximate surface area is 115 Å². The van der Waals surface area contributed by atoms with Crippen molar-refractivity contribution in [3.8, 4) is 0 Å². The molecule has 0 bridgehead atoms. The summed E-state index contributed by atoms with van der Waals surface area (Å²) in [5.41, 5.74) is 0. The lowest BCUT2D eigenvalue weighted by atomic mass is 10.2. The Morgan fingerprint density at radius 3 is 3.32 bits per heavy atom. The maximum atomic E-state index is 11.8. The zero-order valence-electron chi connectivity index (χ0n) is 10.4. The molecule has 1 N–H and O–H groups in total. The maximum Gasteiger partial charge on any atom is 0.287 e. The van der Waals surface area contributed by atoms with Gasteiger partial charge in [-0.2, -0.15) is 0 Å². The molecule has 19 heavy (non-hydrogen) atoms. The van der Waals surface area contributed by atoms with Crippen LogP contribution in [0.1, 0.15) is 23.4 Å². The van der Waals surface area contributed by atoms with E-state index in [-0.39, 0.29) is 5.91 Å². The first kappa shape index (κ1) is 12.2. The van der Waals surface area contributed by atoms with Gasteiger partial charge in [0, 0.05) is 30.7 Å². The first-order valence-electron chi connectivity index (χ1n) is 6.32. The predicted octanol–water partition coefficient (Wildman–Crippen LogP) is 2.13. The van der Waals surface area contributed by atoms with E-state index < -0.39 is 0 Å². The van der Waals surface area contributed by atoms with Crippen LogP contribution >= 0.6 is 11.3 Å². The van der Waals surface area contributed by atoms with Gasteiger partial charge in [0.2, 0.25) is 0 Å². The highest BCUT2D eigenvalue weighted by Gasteiger charge is 2.26. The zero-order chi connectivity index (χ0) is 13.1. The Hall–Kier alpha value is -1.82. The van der Waals surface area contributed by atoms with Crippen molar-refractivity contribution in [2.24, 2.45) is 0 Å². The number of anilines is 1. The Bertz CT molecular complexity index is 524. The maximum absolute atomic E-state index is 11.8. The lowest BCUT2D eigenvalue weighted by molar-refractivity contribution is 0.0923. The summed E-state index contributed by atoms with van der Waals surface area (Å²) in [6, 6.07) is 3.71. The van der Waals surface area contributed by atoms with E-state index in [2.05, 4.69) is 15.2 Å². The van der Waals surface area contributed by atoms with Gasteiger partial charge >= 0.3 is 0 Å². The SMILES string of the molecule is O=C(NC[C@@H]1CCCN1c1nccs1)c1ccco1. The fourth-order valence-electron chi connectivity index (χ4n) is 2.36. The predicted molar refractivity (Wildman–Crippen MR) is 73.5 cm³/mol. The van der Waals surface area contributed by atoms with Crippen LogP contribution in [0, 0.1) is 0 Å². The molecule has 5 nitrogen and oxygen atoms in total. The smallest absolute Gasteiger partial charge is 0.287 e.